The van der Waals surface area contributed by atoms with Gasteiger partial charge in [-0.15, -0.1) is 0 Å². The summed E-state index contributed by atoms with van der Waals surface area (Å²) in [6.45, 7) is 4.22. The molecule has 0 spiro atoms. The van der Waals surface area contributed by atoms with E-state index in [0.29, 0.717) is 44.6 Å². The van der Waals surface area contributed by atoms with Crippen LogP contribution in [-0.4, -0.2) is 59.8 Å². The van der Waals surface area contributed by atoms with Crippen molar-refractivity contribution in [3.8, 4) is 5.75 Å². The van der Waals surface area contributed by atoms with Gasteiger partial charge in [-0.3, -0.25) is 4.79 Å². The lowest BCUT2D eigenvalue weighted by molar-refractivity contribution is -0.130. The molecule has 0 N–H and O–H groups in total. The molecule has 0 aliphatic carbocycles. The van der Waals surface area contributed by atoms with Crippen molar-refractivity contribution >= 4 is 27.0 Å². The second-order valence-corrected chi connectivity index (χ2v) is 11.0. The Balaban J connectivity index is 1.41. The molecule has 0 bridgehead atoms. The number of aryl methyl sites for hydroxylation is 2. The van der Waals surface area contributed by atoms with Crippen molar-refractivity contribution in [2.45, 2.75) is 50.5 Å². The zero-order valence-corrected chi connectivity index (χ0v) is 21.6. The number of hydrogen-bond donors (Lipinski definition) is 0. The fraction of sp³-hybridized carbons (Fsp3) is 0.462. The number of sulfonamides is 1. The number of carbonyl (C=O) groups is 1. The van der Waals surface area contributed by atoms with Crippen molar-refractivity contribution in [1.82, 2.24) is 18.8 Å². The minimum atomic E-state index is -3.51. The van der Waals surface area contributed by atoms with Crippen LogP contribution in [0, 0.1) is 0 Å². The molecule has 188 valence electrons. The summed E-state index contributed by atoms with van der Waals surface area (Å²) in [6, 6.07) is 12.9. The predicted octanol–water partition coefficient (Wildman–Crippen LogP) is 3.74. The maximum absolute atomic E-state index is 13.0. The lowest BCUT2D eigenvalue weighted by atomic mass is 10.2. The zero-order chi connectivity index (χ0) is 25.0. The van der Waals surface area contributed by atoms with Crippen molar-refractivity contribution in [1.29, 1.82) is 0 Å². The number of piperidine rings is 1. The van der Waals surface area contributed by atoms with Gasteiger partial charge in [0.05, 0.1) is 22.5 Å². The number of aromatic nitrogens is 2. The van der Waals surface area contributed by atoms with Crippen LogP contribution < -0.4 is 4.74 Å². The fourth-order valence-corrected chi connectivity index (χ4v) is 6.03. The minimum Gasteiger partial charge on any atom is -0.494 e. The van der Waals surface area contributed by atoms with E-state index < -0.39 is 10.0 Å². The van der Waals surface area contributed by atoms with Gasteiger partial charge in [-0.25, -0.2) is 13.4 Å². The first-order valence-corrected chi connectivity index (χ1v) is 13.6. The van der Waals surface area contributed by atoms with Crippen LogP contribution >= 0.6 is 0 Å². The standard InChI is InChI=1S/C26H34N4O4S/c1-4-34-21-10-8-20(9-11-21)19-28(2)26(31)15-14-25-27-23-18-22(12-13-24(23)29(25)3)35(32,33)30-16-6-5-7-17-30/h8-13,18H,4-7,14-17,19H2,1-3H3. The molecule has 0 atom stereocenters. The third-order valence-corrected chi connectivity index (χ3v) is 8.43. The molecule has 0 unspecified atom stereocenters. The maximum atomic E-state index is 13.0. The van der Waals surface area contributed by atoms with Crippen molar-refractivity contribution in [3.63, 3.8) is 0 Å². The predicted molar refractivity (Wildman–Crippen MR) is 136 cm³/mol. The highest BCUT2D eigenvalue weighted by molar-refractivity contribution is 7.89. The SMILES string of the molecule is CCOc1ccc(CN(C)C(=O)CCc2nc3cc(S(=O)(=O)N4CCCCC4)ccc3n2C)cc1. The Labute approximate surface area is 207 Å². The highest BCUT2D eigenvalue weighted by Crippen LogP contribution is 2.25. The quantitative estimate of drug-likeness (QED) is 0.449. The minimum absolute atomic E-state index is 0.0271. The van der Waals surface area contributed by atoms with Crippen LogP contribution in [0.4, 0.5) is 0 Å². The summed E-state index contributed by atoms with van der Waals surface area (Å²) in [4.78, 5) is 19.4. The third-order valence-electron chi connectivity index (χ3n) is 6.54. The summed E-state index contributed by atoms with van der Waals surface area (Å²) < 4.78 is 35.1. The third kappa shape index (κ3) is 5.67. The first kappa shape index (κ1) is 25.2. The van der Waals surface area contributed by atoms with Crippen LogP contribution in [0.15, 0.2) is 47.4 Å². The number of fused-ring (bicyclic) bond motifs is 1. The Kier molecular flexibility index (Phi) is 7.76. The van der Waals surface area contributed by atoms with Gasteiger partial charge in [-0.2, -0.15) is 4.31 Å². The molecule has 1 amide bonds. The van der Waals surface area contributed by atoms with Crippen molar-refractivity contribution < 1.29 is 17.9 Å². The molecule has 2 heterocycles. The summed E-state index contributed by atoms with van der Waals surface area (Å²) in [7, 11) is 0.183. The van der Waals surface area contributed by atoms with Crippen LogP contribution in [0.2, 0.25) is 0 Å². The second-order valence-electron chi connectivity index (χ2n) is 9.03. The number of benzene rings is 2. The lowest BCUT2D eigenvalue weighted by Gasteiger charge is -2.25. The molecule has 0 saturated carbocycles. The number of rotatable bonds is 9. The summed E-state index contributed by atoms with van der Waals surface area (Å²) in [6.07, 6.45) is 3.67. The van der Waals surface area contributed by atoms with Gasteiger partial charge in [0.2, 0.25) is 15.9 Å². The highest BCUT2D eigenvalue weighted by atomic mass is 32.2. The summed E-state index contributed by atoms with van der Waals surface area (Å²) in [5.74, 6) is 1.61. The van der Waals surface area contributed by atoms with Crippen LogP contribution in [0.3, 0.4) is 0 Å². The second kappa shape index (κ2) is 10.8. The van der Waals surface area contributed by atoms with Crippen molar-refractivity contribution in [2.24, 2.45) is 7.05 Å². The molecule has 1 aliphatic heterocycles. The van der Waals surface area contributed by atoms with E-state index in [9.17, 15) is 13.2 Å². The van der Waals surface area contributed by atoms with Gasteiger partial charge in [0, 0.05) is 46.6 Å². The van der Waals surface area contributed by atoms with E-state index in [1.807, 2.05) is 48.9 Å². The molecule has 4 rings (SSSR count). The topological polar surface area (TPSA) is 84.7 Å². The van der Waals surface area contributed by atoms with Gasteiger partial charge < -0.3 is 14.2 Å². The average Bonchev–Trinajstić information content (AvgIpc) is 3.19. The summed E-state index contributed by atoms with van der Waals surface area (Å²) >= 11 is 0. The monoisotopic (exact) mass is 498 g/mol. The Morgan fingerprint density at radius 2 is 1.80 bits per heavy atom. The van der Waals surface area contributed by atoms with Gasteiger partial charge >= 0.3 is 0 Å². The summed E-state index contributed by atoms with van der Waals surface area (Å²) in [5.41, 5.74) is 2.53. The number of carbonyl (C=O) groups excluding carboxylic acids is 1. The number of hydrogen-bond acceptors (Lipinski definition) is 5. The van der Waals surface area contributed by atoms with E-state index in [2.05, 4.69) is 4.98 Å². The van der Waals surface area contributed by atoms with Crippen LogP contribution in [0.25, 0.3) is 11.0 Å². The average molecular weight is 499 g/mol. The van der Waals surface area contributed by atoms with Crippen molar-refractivity contribution in [3.05, 3.63) is 53.9 Å². The number of imidazole rings is 1. The van der Waals surface area contributed by atoms with Crippen LogP contribution in [-0.2, 0) is 34.8 Å². The Morgan fingerprint density at radius 1 is 1.09 bits per heavy atom. The van der Waals surface area contributed by atoms with Gasteiger partial charge in [0.15, 0.2) is 0 Å². The molecule has 8 nitrogen and oxygen atoms in total. The Morgan fingerprint density at radius 3 is 2.49 bits per heavy atom. The Bertz CT molecular complexity index is 1280. The molecule has 3 aromatic rings. The van der Waals surface area contributed by atoms with Crippen LogP contribution in [0.1, 0.15) is 44.0 Å². The molecular weight excluding hydrogens is 464 g/mol. The van der Waals surface area contributed by atoms with Crippen molar-refractivity contribution in [2.75, 3.05) is 26.7 Å². The van der Waals surface area contributed by atoms with E-state index in [4.69, 9.17) is 4.74 Å². The van der Waals surface area contributed by atoms with E-state index in [1.54, 1.807) is 28.4 Å². The lowest BCUT2D eigenvalue weighted by Crippen LogP contribution is -2.35. The van der Waals surface area contributed by atoms with E-state index >= 15 is 0 Å². The maximum Gasteiger partial charge on any atom is 0.243 e. The highest BCUT2D eigenvalue weighted by Gasteiger charge is 2.26. The largest absolute Gasteiger partial charge is 0.494 e. The molecule has 1 saturated heterocycles. The van der Waals surface area contributed by atoms with E-state index in [1.165, 1.54) is 0 Å². The van der Waals surface area contributed by atoms with Gasteiger partial charge in [0.25, 0.3) is 0 Å². The van der Waals surface area contributed by atoms with E-state index in [0.717, 1.165) is 41.9 Å². The zero-order valence-electron chi connectivity index (χ0n) is 20.7. The van der Waals surface area contributed by atoms with Gasteiger partial charge in [0.1, 0.15) is 11.6 Å². The summed E-state index contributed by atoms with van der Waals surface area (Å²) in [5, 5.41) is 0. The molecule has 0 radical (unpaired) electrons. The molecule has 1 aliphatic rings. The fourth-order valence-electron chi connectivity index (χ4n) is 4.50. The molecule has 35 heavy (non-hydrogen) atoms. The first-order valence-electron chi connectivity index (χ1n) is 12.2. The smallest absolute Gasteiger partial charge is 0.243 e. The normalized spacial score (nSPS) is 14.8. The molecule has 1 fully saturated rings. The molecule has 1 aromatic heterocycles. The molecular formula is C26H34N4O4S. The molecule has 2 aromatic carbocycles. The Hall–Kier alpha value is -2.91. The molecule has 9 heteroatoms. The first-order chi connectivity index (χ1) is 16.8. The number of nitrogens with zero attached hydrogens (tertiary/aromatic N) is 4. The van der Waals surface area contributed by atoms with E-state index in [-0.39, 0.29) is 10.8 Å². The van der Waals surface area contributed by atoms with Gasteiger partial charge in [-0.1, -0.05) is 18.6 Å². The number of amides is 1. The van der Waals surface area contributed by atoms with Gasteiger partial charge in [-0.05, 0) is 55.7 Å². The van der Waals surface area contributed by atoms with Crippen LogP contribution in [0.5, 0.6) is 5.75 Å². The number of ether oxygens (including phenoxy) is 1.